The van der Waals surface area contributed by atoms with Crippen molar-refractivity contribution in [2.24, 2.45) is 5.92 Å². The Labute approximate surface area is 139 Å². The number of anilines is 1. The van der Waals surface area contributed by atoms with Crippen molar-refractivity contribution in [2.45, 2.75) is 65.5 Å². The Kier molecular flexibility index (Phi) is 4.83. The molecular formula is C19H28N2O2. The SMILES string of the molecule is CCC1C(=O)N(C(C(=O)NC(C)(C)C)C(C)C)c2ccccc21. The zero-order valence-electron chi connectivity index (χ0n) is 15.0. The summed E-state index contributed by atoms with van der Waals surface area (Å²) in [5.41, 5.74) is 1.60. The van der Waals surface area contributed by atoms with Crippen molar-refractivity contribution in [2.75, 3.05) is 4.90 Å². The minimum atomic E-state index is -0.487. The van der Waals surface area contributed by atoms with Gasteiger partial charge in [-0.2, -0.15) is 0 Å². The highest BCUT2D eigenvalue weighted by Crippen LogP contribution is 2.41. The van der Waals surface area contributed by atoms with Crippen LogP contribution in [0.4, 0.5) is 5.69 Å². The van der Waals surface area contributed by atoms with Crippen molar-refractivity contribution in [3.8, 4) is 0 Å². The molecule has 0 fully saturated rings. The molecule has 1 aromatic rings. The van der Waals surface area contributed by atoms with Crippen molar-refractivity contribution in [3.63, 3.8) is 0 Å². The van der Waals surface area contributed by atoms with Gasteiger partial charge in [-0.1, -0.05) is 39.0 Å². The van der Waals surface area contributed by atoms with E-state index in [1.54, 1.807) is 4.90 Å². The summed E-state index contributed by atoms with van der Waals surface area (Å²) in [5.74, 6) is -0.163. The Balaban J connectivity index is 2.44. The molecule has 0 spiro atoms. The average Bonchev–Trinajstić information content (AvgIpc) is 2.69. The molecule has 0 aliphatic carbocycles. The van der Waals surface area contributed by atoms with Crippen molar-refractivity contribution in [1.29, 1.82) is 0 Å². The Morgan fingerprint density at radius 3 is 2.39 bits per heavy atom. The molecule has 0 aromatic heterocycles. The molecule has 1 aliphatic heterocycles. The second-order valence-corrected chi connectivity index (χ2v) is 7.66. The van der Waals surface area contributed by atoms with Crippen LogP contribution < -0.4 is 10.2 Å². The number of rotatable bonds is 4. The van der Waals surface area contributed by atoms with E-state index < -0.39 is 6.04 Å². The first-order chi connectivity index (χ1) is 10.7. The minimum Gasteiger partial charge on any atom is -0.350 e. The molecule has 1 heterocycles. The van der Waals surface area contributed by atoms with Gasteiger partial charge in [-0.3, -0.25) is 14.5 Å². The van der Waals surface area contributed by atoms with Crippen molar-refractivity contribution in [3.05, 3.63) is 29.8 Å². The fraction of sp³-hybridized carbons (Fsp3) is 0.579. The molecule has 2 amide bonds. The number of nitrogens with zero attached hydrogens (tertiary/aromatic N) is 1. The van der Waals surface area contributed by atoms with Crippen LogP contribution >= 0.6 is 0 Å². The first-order valence-corrected chi connectivity index (χ1v) is 8.41. The van der Waals surface area contributed by atoms with Gasteiger partial charge in [0.05, 0.1) is 5.92 Å². The number of fused-ring (bicyclic) bond motifs is 1. The van der Waals surface area contributed by atoms with Crippen LogP contribution in [0.5, 0.6) is 0 Å². The highest BCUT2D eigenvalue weighted by Gasteiger charge is 2.43. The second-order valence-electron chi connectivity index (χ2n) is 7.66. The molecule has 0 bridgehead atoms. The normalized spacial score (nSPS) is 19.0. The van der Waals surface area contributed by atoms with Crippen LogP contribution in [0.15, 0.2) is 24.3 Å². The van der Waals surface area contributed by atoms with Crippen LogP contribution in [0.3, 0.4) is 0 Å². The van der Waals surface area contributed by atoms with Gasteiger partial charge in [0, 0.05) is 11.2 Å². The summed E-state index contributed by atoms with van der Waals surface area (Å²) in [5, 5.41) is 3.03. The lowest BCUT2D eigenvalue weighted by atomic mass is 9.98. The maximum atomic E-state index is 13.0. The molecular weight excluding hydrogens is 288 g/mol. The third kappa shape index (κ3) is 3.41. The number of para-hydroxylation sites is 1. The van der Waals surface area contributed by atoms with E-state index in [4.69, 9.17) is 0 Å². The van der Waals surface area contributed by atoms with Crippen LogP contribution in [0, 0.1) is 5.92 Å². The molecule has 0 radical (unpaired) electrons. The topological polar surface area (TPSA) is 49.4 Å². The summed E-state index contributed by atoms with van der Waals surface area (Å²) in [6.07, 6.45) is 0.748. The van der Waals surface area contributed by atoms with Crippen LogP contribution in [-0.2, 0) is 9.59 Å². The lowest BCUT2D eigenvalue weighted by Gasteiger charge is -2.33. The Bertz CT molecular complexity index is 602. The monoisotopic (exact) mass is 316 g/mol. The molecule has 2 unspecified atom stereocenters. The van der Waals surface area contributed by atoms with E-state index in [1.165, 1.54) is 0 Å². The predicted molar refractivity (Wildman–Crippen MR) is 93.5 cm³/mol. The lowest BCUT2D eigenvalue weighted by molar-refractivity contribution is -0.128. The van der Waals surface area contributed by atoms with Gasteiger partial charge in [0.25, 0.3) is 0 Å². The van der Waals surface area contributed by atoms with E-state index in [1.807, 2.05) is 65.8 Å². The maximum absolute atomic E-state index is 13.0. The standard InChI is InChI=1S/C19H28N2O2/c1-7-13-14-10-8-9-11-15(14)21(18(13)23)16(12(2)3)17(22)20-19(4,5)6/h8-13,16H,7H2,1-6H3,(H,20,22). The van der Waals surface area contributed by atoms with E-state index >= 15 is 0 Å². The average molecular weight is 316 g/mol. The zero-order valence-corrected chi connectivity index (χ0v) is 15.0. The molecule has 2 atom stereocenters. The number of hydrogen-bond acceptors (Lipinski definition) is 2. The van der Waals surface area contributed by atoms with Crippen molar-refractivity contribution >= 4 is 17.5 Å². The zero-order chi connectivity index (χ0) is 17.4. The van der Waals surface area contributed by atoms with Crippen LogP contribution in [0.25, 0.3) is 0 Å². The van der Waals surface area contributed by atoms with Crippen LogP contribution in [0.1, 0.15) is 59.4 Å². The maximum Gasteiger partial charge on any atom is 0.243 e. The minimum absolute atomic E-state index is 0.0324. The van der Waals surface area contributed by atoms with Crippen LogP contribution in [0.2, 0.25) is 0 Å². The van der Waals surface area contributed by atoms with Crippen LogP contribution in [-0.4, -0.2) is 23.4 Å². The number of carbonyl (C=O) groups is 2. The third-order valence-electron chi connectivity index (χ3n) is 4.19. The summed E-state index contributed by atoms with van der Waals surface area (Å²) >= 11 is 0. The van der Waals surface area contributed by atoms with E-state index in [-0.39, 0.29) is 29.2 Å². The summed E-state index contributed by atoms with van der Waals surface area (Å²) in [6, 6.07) is 7.34. The number of carbonyl (C=O) groups excluding carboxylic acids is 2. The smallest absolute Gasteiger partial charge is 0.243 e. The first kappa shape index (κ1) is 17.5. The third-order valence-corrected chi connectivity index (χ3v) is 4.19. The summed E-state index contributed by atoms with van der Waals surface area (Å²) in [6.45, 7) is 11.9. The number of hydrogen-bond donors (Lipinski definition) is 1. The first-order valence-electron chi connectivity index (χ1n) is 8.41. The Morgan fingerprint density at radius 1 is 1.26 bits per heavy atom. The Hall–Kier alpha value is -1.84. The summed E-state index contributed by atoms with van der Waals surface area (Å²) in [7, 11) is 0. The van der Waals surface area contributed by atoms with Gasteiger partial charge in [-0.25, -0.2) is 0 Å². The van der Waals surface area contributed by atoms with Gasteiger partial charge in [-0.15, -0.1) is 0 Å². The van der Waals surface area contributed by atoms with E-state index in [0.717, 1.165) is 17.7 Å². The molecule has 1 N–H and O–H groups in total. The van der Waals surface area contributed by atoms with Gasteiger partial charge in [-0.05, 0) is 44.7 Å². The molecule has 23 heavy (non-hydrogen) atoms. The molecule has 126 valence electrons. The van der Waals surface area contributed by atoms with Gasteiger partial charge in [0.1, 0.15) is 6.04 Å². The number of benzene rings is 1. The second kappa shape index (κ2) is 6.34. The lowest BCUT2D eigenvalue weighted by Crippen LogP contribution is -2.55. The largest absolute Gasteiger partial charge is 0.350 e. The Morgan fingerprint density at radius 2 is 1.87 bits per heavy atom. The van der Waals surface area contributed by atoms with E-state index in [0.29, 0.717) is 0 Å². The molecule has 0 saturated carbocycles. The van der Waals surface area contributed by atoms with Crippen molar-refractivity contribution < 1.29 is 9.59 Å². The molecule has 0 saturated heterocycles. The van der Waals surface area contributed by atoms with E-state index in [2.05, 4.69) is 5.32 Å². The van der Waals surface area contributed by atoms with Crippen molar-refractivity contribution in [1.82, 2.24) is 5.32 Å². The highest BCUT2D eigenvalue weighted by molar-refractivity contribution is 6.09. The highest BCUT2D eigenvalue weighted by atomic mass is 16.2. The quantitative estimate of drug-likeness (QED) is 0.924. The fourth-order valence-electron chi connectivity index (χ4n) is 3.26. The van der Waals surface area contributed by atoms with Gasteiger partial charge < -0.3 is 5.32 Å². The van der Waals surface area contributed by atoms with Gasteiger partial charge >= 0.3 is 0 Å². The summed E-state index contributed by atoms with van der Waals surface area (Å²) in [4.78, 5) is 27.5. The van der Waals surface area contributed by atoms with Gasteiger partial charge in [0.15, 0.2) is 0 Å². The van der Waals surface area contributed by atoms with E-state index in [9.17, 15) is 9.59 Å². The molecule has 2 rings (SSSR count). The molecule has 1 aromatic carbocycles. The fourth-order valence-corrected chi connectivity index (χ4v) is 3.26. The number of amides is 2. The molecule has 4 nitrogen and oxygen atoms in total. The number of nitrogens with one attached hydrogen (secondary N) is 1. The summed E-state index contributed by atoms with van der Waals surface area (Å²) < 4.78 is 0. The van der Waals surface area contributed by atoms with Gasteiger partial charge in [0.2, 0.25) is 11.8 Å². The molecule has 4 heteroatoms. The molecule has 1 aliphatic rings. The predicted octanol–water partition coefficient (Wildman–Crippen LogP) is 3.47.